The number of aryl methyl sites for hydroxylation is 1. The van der Waals surface area contributed by atoms with Crippen LogP contribution >= 0.6 is 31.9 Å². The van der Waals surface area contributed by atoms with Gasteiger partial charge in [0.1, 0.15) is 5.75 Å². The molecule has 0 aromatic heterocycles. The lowest BCUT2D eigenvalue weighted by Crippen LogP contribution is -2.07. The molecule has 1 saturated carbocycles. The van der Waals surface area contributed by atoms with E-state index in [9.17, 15) is 0 Å². The Labute approximate surface area is 146 Å². The molecule has 1 fully saturated rings. The third-order valence-electron chi connectivity index (χ3n) is 4.74. The Morgan fingerprint density at radius 3 is 2.38 bits per heavy atom. The van der Waals surface area contributed by atoms with Crippen LogP contribution in [0.5, 0.6) is 5.75 Å². The summed E-state index contributed by atoms with van der Waals surface area (Å²) in [4.78, 5) is 0.381. The SMILES string of the molecule is COc1c(C)cc(Br)c(C)c1C(Br)CC1CCCCCC1. The van der Waals surface area contributed by atoms with Gasteiger partial charge in [-0.15, -0.1) is 0 Å². The van der Waals surface area contributed by atoms with Crippen molar-refractivity contribution in [2.75, 3.05) is 7.11 Å². The molecule has 3 heteroatoms. The first-order valence-electron chi connectivity index (χ1n) is 8.02. The van der Waals surface area contributed by atoms with Gasteiger partial charge in [-0.25, -0.2) is 0 Å². The Hall–Kier alpha value is -0.0200. The van der Waals surface area contributed by atoms with E-state index in [-0.39, 0.29) is 0 Å². The second kappa shape index (κ2) is 8.01. The van der Waals surface area contributed by atoms with E-state index in [0.29, 0.717) is 4.83 Å². The van der Waals surface area contributed by atoms with E-state index in [0.717, 1.165) is 11.7 Å². The van der Waals surface area contributed by atoms with Crippen LogP contribution in [0.15, 0.2) is 10.5 Å². The first kappa shape index (κ1) is 17.3. The van der Waals surface area contributed by atoms with Crippen molar-refractivity contribution >= 4 is 31.9 Å². The third-order valence-corrected chi connectivity index (χ3v) is 6.40. The van der Waals surface area contributed by atoms with Crippen molar-refractivity contribution in [3.8, 4) is 5.75 Å². The molecule has 0 amide bonds. The van der Waals surface area contributed by atoms with Crippen LogP contribution in [0.2, 0.25) is 0 Å². The number of benzene rings is 1. The van der Waals surface area contributed by atoms with Crippen LogP contribution in [-0.4, -0.2) is 7.11 Å². The molecule has 21 heavy (non-hydrogen) atoms. The number of hydrogen-bond acceptors (Lipinski definition) is 1. The quantitative estimate of drug-likeness (QED) is 0.383. The van der Waals surface area contributed by atoms with Crippen molar-refractivity contribution < 1.29 is 4.74 Å². The van der Waals surface area contributed by atoms with Gasteiger partial charge in [-0.3, -0.25) is 0 Å². The van der Waals surface area contributed by atoms with Crippen LogP contribution in [0.3, 0.4) is 0 Å². The van der Waals surface area contributed by atoms with E-state index in [1.54, 1.807) is 7.11 Å². The zero-order valence-corrected chi connectivity index (χ0v) is 16.5. The smallest absolute Gasteiger partial charge is 0.126 e. The summed E-state index contributed by atoms with van der Waals surface area (Å²) in [6.45, 7) is 4.31. The maximum Gasteiger partial charge on any atom is 0.126 e. The minimum atomic E-state index is 0.381. The predicted octanol–water partition coefficient (Wildman–Crippen LogP) is 6.87. The highest BCUT2D eigenvalue weighted by molar-refractivity contribution is 9.10. The Balaban J connectivity index is 2.23. The van der Waals surface area contributed by atoms with Crippen LogP contribution in [0.1, 0.15) is 66.5 Å². The number of alkyl halides is 1. The van der Waals surface area contributed by atoms with Gasteiger partial charge in [0, 0.05) is 14.9 Å². The molecule has 0 bridgehead atoms. The van der Waals surface area contributed by atoms with E-state index in [1.165, 1.54) is 66.1 Å². The summed E-state index contributed by atoms with van der Waals surface area (Å²) in [6.07, 6.45) is 9.62. The average Bonchev–Trinajstić information content (AvgIpc) is 2.70. The predicted molar refractivity (Wildman–Crippen MR) is 97.6 cm³/mol. The number of rotatable bonds is 4. The van der Waals surface area contributed by atoms with Gasteiger partial charge in [-0.2, -0.15) is 0 Å². The van der Waals surface area contributed by atoms with Gasteiger partial charge in [0.15, 0.2) is 0 Å². The topological polar surface area (TPSA) is 9.23 Å². The fourth-order valence-corrected chi connectivity index (χ4v) is 5.17. The Morgan fingerprint density at radius 1 is 1.19 bits per heavy atom. The standard InChI is InChI=1S/C18H26Br2O/c1-12-10-15(19)13(2)17(18(12)21-3)16(20)11-14-8-6-4-5-7-9-14/h10,14,16H,4-9,11H2,1-3H3. The molecular formula is C18H26Br2O. The van der Waals surface area contributed by atoms with E-state index in [2.05, 4.69) is 51.8 Å². The summed E-state index contributed by atoms with van der Waals surface area (Å²) in [5, 5.41) is 0. The molecule has 1 atom stereocenters. The molecule has 1 aromatic carbocycles. The molecule has 1 nitrogen and oxygen atoms in total. The lowest BCUT2D eigenvalue weighted by Gasteiger charge is -2.23. The summed E-state index contributed by atoms with van der Waals surface area (Å²) >= 11 is 7.65. The van der Waals surface area contributed by atoms with Gasteiger partial charge in [0.05, 0.1) is 7.11 Å². The lowest BCUT2D eigenvalue weighted by molar-refractivity contribution is 0.394. The van der Waals surface area contributed by atoms with Crippen LogP contribution in [-0.2, 0) is 0 Å². The molecule has 0 spiro atoms. The van der Waals surface area contributed by atoms with Gasteiger partial charge in [-0.05, 0) is 43.4 Å². The minimum Gasteiger partial charge on any atom is -0.496 e. The zero-order chi connectivity index (χ0) is 15.4. The second-order valence-corrected chi connectivity index (χ2v) is 8.27. The van der Waals surface area contributed by atoms with Crippen LogP contribution in [0.4, 0.5) is 0 Å². The highest BCUT2D eigenvalue weighted by Gasteiger charge is 2.23. The summed E-state index contributed by atoms with van der Waals surface area (Å²) in [5.41, 5.74) is 3.83. The van der Waals surface area contributed by atoms with E-state index < -0.39 is 0 Å². The van der Waals surface area contributed by atoms with E-state index in [4.69, 9.17) is 4.74 Å². The maximum absolute atomic E-state index is 5.70. The number of methoxy groups -OCH3 is 1. The van der Waals surface area contributed by atoms with Crippen LogP contribution in [0, 0.1) is 19.8 Å². The van der Waals surface area contributed by atoms with Crippen molar-refractivity contribution in [1.82, 2.24) is 0 Å². The van der Waals surface area contributed by atoms with Crippen LogP contribution in [0.25, 0.3) is 0 Å². The monoisotopic (exact) mass is 416 g/mol. The zero-order valence-electron chi connectivity index (χ0n) is 13.3. The van der Waals surface area contributed by atoms with Gasteiger partial charge >= 0.3 is 0 Å². The normalized spacial score (nSPS) is 18.3. The molecule has 0 heterocycles. The summed E-state index contributed by atoms with van der Waals surface area (Å²) in [5.74, 6) is 1.89. The second-order valence-electron chi connectivity index (χ2n) is 6.31. The number of halogens is 2. The fourth-order valence-electron chi connectivity index (χ4n) is 3.53. The van der Waals surface area contributed by atoms with Gasteiger partial charge in [-0.1, -0.05) is 70.4 Å². The highest BCUT2D eigenvalue weighted by atomic mass is 79.9. The molecule has 0 radical (unpaired) electrons. The first-order valence-corrected chi connectivity index (χ1v) is 9.73. The van der Waals surface area contributed by atoms with Gasteiger partial charge < -0.3 is 4.74 Å². The van der Waals surface area contributed by atoms with E-state index in [1.807, 2.05) is 0 Å². The van der Waals surface area contributed by atoms with E-state index >= 15 is 0 Å². The molecule has 0 aliphatic heterocycles. The van der Waals surface area contributed by atoms with Crippen molar-refractivity contribution in [3.05, 3.63) is 27.2 Å². The molecular weight excluding hydrogens is 392 g/mol. The number of hydrogen-bond donors (Lipinski definition) is 0. The van der Waals surface area contributed by atoms with Gasteiger partial charge in [0.2, 0.25) is 0 Å². The summed E-state index contributed by atoms with van der Waals surface area (Å²) in [7, 11) is 1.78. The molecule has 1 aromatic rings. The molecule has 2 rings (SSSR count). The van der Waals surface area contributed by atoms with Crippen molar-refractivity contribution in [3.63, 3.8) is 0 Å². The lowest BCUT2D eigenvalue weighted by atomic mass is 9.90. The summed E-state index contributed by atoms with van der Waals surface area (Å²) in [6, 6.07) is 2.16. The largest absolute Gasteiger partial charge is 0.496 e. The number of ether oxygens (including phenoxy) is 1. The molecule has 0 N–H and O–H groups in total. The molecule has 1 unspecified atom stereocenters. The maximum atomic E-state index is 5.70. The molecule has 0 saturated heterocycles. The van der Waals surface area contributed by atoms with Gasteiger partial charge in [0.25, 0.3) is 0 Å². The third kappa shape index (κ3) is 4.25. The Kier molecular flexibility index (Phi) is 6.61. The molecule has 1 aliphatic rings. The minimum absolute atomic E-state index is 0.381. The van der Waals surface area contributed by atoms with Crippen molar-refractivity contribution in [1.29, 1.82) is 0 Å². The Bertz CT molecular complexity index is 477. The molecule has 1 aliphatic carbocycles. The first-order chi connectivity index (χ1) is 10.0. The Morgan fingerprint density at radius 2 is 1.81 bits per heavy atom. The average molecular weight is 418 g/mol. The fraction of sp³-hybridized carbons (Fsp3) is 0.667. The highest BCUT2D eigenvalue weighted by Crippen LogP contribution is 2.44. The molecule has 118 valence electrons. The van der Waals surface area contributed by atoms with Crippen molar-refractivity contribution in [2.24, 2.45) is 5.92 Å². The van der Waals surface area contributed by atoms with Crippen LogP contribution < -0.4 is 4.74 Å². The van der Waals surface area contributed by atoms with Crippen molar-refractivity contribution in [2.45, 2.75) is 63.6 Å². The summed E-state index contributed by atoms with van der Waals surface area (Å²) < 4.78 is 6.88.